The zero-order valence-corrected chi connectivity index (χ0v) is 15.6. The van der Waals surface area contributed by atoms with Crippen LogP contribution in [0.25, 0.3) is 0 Å². The van der Waals surface area contributed by atoms with Gasteiger partial charge in [-0.25, -0.2) is 0 Å². The average Bonchev–Trinajstić information content (AvgIpc) is 3.30. The number of hydrogen-bond donors (Lipinski definition) is 0. The number of aryl methyl sites for hydroxylation is 2. The van der Waals surface area contributed by atoms with Gasteiger partial charge in [0.1, 0.15) is 0 Å². The van der Waals surface area contributed by atoms with Gasteiger partial charge < -0.3 is 9.47 Å². The van der Waals surface area contributed by atoms with Gasteiger partial charge in [0.2, 0.25) is 0 Å². The minimum absolute atomic E-state index is 0.433. The second kappa shape index (κ2) is 6.88. The Morgan fingerprint density at radius 2 is 1.78 bits per heavy atom. The van der Waals surface area contributed by atoms with Gasteiger partial charge in [0.05, 0.1) is 5.69 Å². The van der Waals surface area contributed by atoms with Crippen LogP contribution in [0, 0.1) is 13.8 Å². The van der Waals surface area contributed by atoms with Gasteiger partial charge in [-0.3, -0.25) is 9.59 Å². The third-order valence-electron chi connectivity index (χ3n) is 5.31. The van der Waals surface area contributed by atoms with Crippen molar-refractivity contribution in [3.63, 3.8) is 0 Å². The van der Waals surface area contributed by atoms with Gasteiger partial charge in [-0.2, -0.15) is 0 Å². The van der Waals surface area contributed by atoms with Crippen LogP contribution in [0.3, 0.4) is 0 Å². The maximum atomic E-state index is 12.9. The van der Waals surface area contributed by atoms with E-state index in [9.17, 15) is 9.59 Å². The smallest absolute Gasteiger partial charge is 0.300 e. The van der Waals surface area contributed by atoms with Crippen LogP contribution in [0.4, 0.5) is 5.69 Å². The third-order valence-corrected chi connectivity index (χ3v) is 5.31. The molecule has 1 aromatic heterocycles. The summed E-state index contributed by atoms with van der Waals surface area (Å²) in [5.41, 5.74) is 5.97. The molecule has 0 aliphatic carbocycles. The van der Waals surface area contributed by atoms with E-state index in [2.05, 4.69) is 32.0 Å². The first-order chi connectivity index (χ1) is 13.0. The van der Waals surface area contributed by atoms with E-state index in [0.29, 0.717) is 18.8 Å². The molecule has 27 heavy (non-hydrogen) atoms. The van der Waals surface area contributed by atoms with Crippen LogP contribution in [-0.2, 0) is 17.8 Å². The summed E-state index contributed by atoms with van der Waals surface area (Å²) in [6.45, 7) is 5.28. The predicted molar refractivity (Wildman–Crippen MR) is 106 cm³/mol. The zero-order valence-electron chi connectivity index (χ0n) is 15.6. The highest BCUT2D eigenvalue weighted by molar-refractivity contribution is 6.47. The Morgan fingerprint density at radius 3 is 2.59 bits per heavy atom. The molecule has 0 N–H and O–H groups in total. The molecule has 2 heterocycles. The SMILES string of the molecule is Cc1ccc(Cn2cccc2C(=O)C(=O)N2CCc3ccccc32)cc1C. The quantitative estimate of drug-likeness (QED) is 0.524. The molecule has 136 valence electrons. The molecule has 0 atom stereocenters. The van der Waals surface area contributed by atoms with Gasteiger partial charge >= 0.3 is 5.91 Å². The summed E-state index contributed by atoms with van der Waals surface area (Å²) in [6, 6.07) is 17.6. The van der Waals surface area contributed by atoms with Crippen molar-refractivity contribution in [3.8, 4) is 0 Å². The Morgan fingerprint density at radius 1 is 0.963 bits per heavy atom. The van der Waals surface area contributed by atoms with Crippen molar-refractivity contribution in [2.75, 3.05) is 11.4 Å². The summed E-state index contributed by atoms with van der Waals surface area (Å²) < 4.78 is 1.85. The molecule has 0 radical (unpaired) electrons. The number of Topliss-reactive ketones (excluding diaryl/α,β-unsaturated/α-hetero) is 1. The van der Waals surface area contributed by atoms with Crippen molar-refractivity contribution in [3.05, 3.63) is 88.7 Å². The minimum Gasteiger partial charge on any atom is -0.340 e. The monoisotopic (exact) mass is 358 g/mol. The molecule has 2 aromatic carbocycles. The van der Waals surface area contributed by atoms with E-state index in [1.165, 1.54) is 11.1 Å². The Balaban J connectivity index is 1.58. The predicted octanol–water partition coefficient (Wildman–Crippen LogP) is 3.93. The van der Waals surface area contributed by atoms with Crippen molar-refractivity contribution < 1.29 is 9.59 Å². The number of anilines is 1. The summed E-state index contributed by atoms with van der Waals surface area (Å²) in [5, 5.41) is 0. The van der Waals surface area contributed by atoms with Gasteiger partial charge in [-0.15, -0.1) is 0 Å². The van der Waals surface area contributed by atoms with Crippen molar-refractivity contribution in [2.24, 2.45) is 0 Å². The topological polar surface area (TPSA) is 42.3 Å². The van der Waals surface area contributed by atoms with Crippen LogP contribution in [-0.4, -0.2) is 22.8 Å². The summed E-state index contributed by atoms with van der Waals surface area (Å²) in [4.78, 5) is 27.4. The Bertz CT molecular complexity index is 1030. The zero-order chi connectivity index (χ0) is 19.0. The highest BCUT2D eigenvalue weighted by atomic mass is 16.2. The molecule has 0 saturated carbocycles. The number of carbonyl (C=O) groups is 2. The van der Waals surface area contributed by atoms with Crippen LogP contribution >= 0.6 is 0 Å². The molecule has 0 fully saturated rings. The molecule has 1 aliphatic heterocycles. The maximum absolute atomic E-state index is 12.9. The second-order valence-corrected chi connectivity index (χ2v) is 7.10. The summed E-state index contributed by atoms with van der Waals surface area (Å²) in [7, 11) is 0. The summed E-state index contributed by atoms with van der Waals surface area (Å²) >= 11 is 0. The first kappa shape index (κ1) is 17.3. The van der Waals surface area contributed by atoms with Gasteiger partial charge in [0, 0.05) is 25.0 Å². The van der Waals surface area contributed by atoms with Gasteiger partial charge in [-0.05, 0) is 60.7 Å². The summed E-state index contributed by atoms with van der Waals surface area (Å²) in [6.07, 6.45) is 2.65. The van der Waals surface area contributed by atoms with E-state index in [-0.39, 0.29) is 0 Å². The van der Waals surface area contributed by atoms with Crippen LogP contribution in [0.15, 0.2) is 60.8 Å². The molecule has 4 nitrogen and oxygen atoms in total. The Kier molecular flexibility index (Phi) is 4.40. The fraction of sp³-hybridized carbons (Fsp3) is 0.217. The molecule has 1 amide bonds. The molecule has 3 aromatic rings. The number of fused-ring (bicyclic) bond motifs is 1. The van der Waals surface area contributed by atoms with Crippen molar-refractivity contribution >= 4 is 17.4 Å². The largest absolute Gasteiger partial charge is 0.340 e. The molecular formula is C23H22N2O2. The lowest BCUT2D eigenvalue weighted by Crippen LogP contribution is -2.36. The van der Waals surface area contributed by atoms with Crippen LogP contribution in [0.2, 0.25) is 0 Å². The van der Waals surface area contributed by atoms with E-state index in [1.54, 1.807) is 11.0 Å². The molecule has 1 aliphatic rings. The van der Waals surface area contributed by atoms with Crippen molar-refractivity contribution in [2.45, 2.75) is 26.8 Å². The number of nitrogens with zero attached hydrogens (tertiary/aromatic N) is 2. The minimum atomic E-state index is -0.458. The average molecular weight is 358 g/mol. The number of hydrogen-bond acceptors (Lipinski definition) is 2. The van der Waals surface area contributed by atoms with Crippen LogP contribution in [0.1, 0.15) is 32.7 Å². The lowest BCUT2D eigenvalue weighted by molar-refractivity contribution is -0.114. The fourth-order valence-corrected chi connectivity index (χ4v) is 3.64. The molecule has 0 unspecified atom stereocenters. The molecule has 4 rings (SSSR count). The van der Waals surface area contributed by atoms with E-state index >= 15 is 0 Å². The van der Waals surface area contributed by atoms with Gasteiger partial charge in [-0.1, -0.05) is 36.4 Å². The molecule has 0 bridgehead atoms. The maximum Gasteiger partial charge on any atom is 0.300 e. The van der Waals surface area contributed by atoms with E-state index in [1.807, 2.05) is 41.1 Å². The van der Waals surface area contributed by atoms with Crippen molar-refractivity contribution in [1.82, 2.24) is 4.57 Å². The first-order valence-electron chi connectivity index (χ1n) is 9.20. The number of para-hydroxylation sites is 1. The van der Waals surface area contributed by atoms with Crippen LogP contribution < -0.4 is 4.90 Å². The lowest BCUT2D eigenvalue weighted by Gasteiger charge is -2.17. The normalized spacial score (nSPS) is 12.9. The van der Waals surface area contributed by atoms with Gasteiger partial charge in [0.15, 0.2) is 0 Å². The highest BCUT2D eigenvalue weighted by Gasteiger charge is 2.30. The number of ketones is 1. The second-order valence-electron chi connectivity index (χ2n) is 7.10. The molecular weight excluding hydrogens is 336 g/mol. The Labute approximate surface area is 159 Å². The van der Waals surface area contributed by atoms with E-state index in [4.69, 9.17) is 0 Å². The number of carbonyl (C=O) groups excluding carboxylic acids is 2. The summed E-state index contributed by atoms with van der Waals surface area (Å²) in [5.74, 6) is -0.916. The highest BCUT2D eigenvalue weighted by Crippen LogP contribution is 2.28. The van der Waals surface area contributed by atoms with E-state index < -0.39 is 11.7 Å². The third kappa shape index (κ3) is 3.19. The molecule has 4 heteroatoms. The number of amides is 1. The van der Waals surface area contributed by atoms with Crippen molar-refractivity contribution in [1.29, 1.82) is 0 Å². The van der Waals surface area contributed by atoms with Gasteiger partial charge in [0.25, 0.3) is 5.78 Å². The van der Waals surface area contributed by atoms with E-state index in [0.717, 1.165) is 23.2 Å². The lowest BCUT2D eigenvalue weighted by atomic mass is 10.1. The number of rotatable bonds is 4. The van der Waals surface area contributed by atoms with Crippen LogP contribution in [0.5, 0.6) is 0 Å². The molecule has 0 saturated heterocycles. The Hall–Kier alpha value is -3.14. The fourth-order valence-electron chi connectivity index (χ4n) is 3.64. The first-order valence-corrected chi connectivity index (χ1v) is 9.20. The molecule has 0 spiro atoms. The standard InChI is InChI=1S/C23H22N2O2/c1-16-9-10-18(14-17(16)2)15-24-12-5-8-21(24)22(26)23(27)25-13-11-19-6-3-4-7-20(19)25/h3-10,12,14H,11,13,15H2,1-2H3. The number of aromatic nitrogens is 1. The number of benzene rings is 2.